The lowest BCUT2D eigenvalue weighted by atomic mass is 9.93. The number of carbonyl (C=O) groups excluding carboxylic acids is 2. The molecule has 0 unspecified atom stereocenters. The van der Waals surface area contributed by atoms with E-state index in [0.717, 1.165) is 16.9 Å². The molecule has 0 atom stereocenters. The highest BCUT2D eigenvalue weighted by Gasteiger charge is 2.47. The van der Waals surface area contributed by atoms with Crippen LogP contribution in [0, 0.1) is 11.7 Å². The van der Waals surface area contributed by atoms with Gasteiger partial charge in [-0.1, -0.05) is 0 Å². The average Bonchev–Trinajstić information content (AvgIpc) is 3.12. The van der Waals surface area contributed by atoms with Crippen LogP contribution in [0.25, 0.3) is 5.65 Å². The van der Waals surface area contributed by atoms with Crippen LogP contribution in [0.1, 0.15) is 23.2 Å². The quantitative estimate of drug-likeness (QED) is 0.575. The van der Waals surface area contributed by atoms with Gasteiger partial charge in [0.1, 0.15) is 5.56 Å². The van der Waals surface area contributed by atoms with Crippen molar-refractivity contribution in [1.29, 1.82) is 0 Å². The second-order valence-corrected chi connectivity index (χ2v) is 8.35. The van der Waals surface area contributed by atoms with Crippen LogP contribution in [-0.2, 0) is 4.79 Å². The van der Waals surface area contributed by atoms with Crippen LogP contribution >= 0.6 is 0 Å². The largest absolute Gasteiger partial charge is 0.381 e. The number of nitrogens with zero attached hydrogens (tertiary/aromatic N) is 7. The molecule has 5 rings (SSSR count). The lowest BCUT2D eigenvalue weighted by molar-refractivity contribution is -0.170. The first-order chi connectivity index (χ1) is 16.2. The number of nitrogens with one attached hydrogen (secondary N) is 1. The molecule has 2 amide bonds. The molecule has 3 aromatic heterocycles. The Morgan fingerprint density at radius 3 is 2.53 bits per heavy atom. The number of hydrogen-bond donors (Lipinski definition) is 2. The average molecular weight is 475 g/mol. The maximum Gasteiger partial charge on any atom is 0.282 e. The van der Waals surface area contributed by atoms with E-state index in [1.807, 2.05) is 4.90 Å². The highest BCUT2D eigenvalue weighted by atomic mass is 19.3. The standard InChI is InChI=1S/C20H20F3N9O2/c21-12-5-25-17-15(16(24)29-32(17)8-12)18(33)28-13-6-26-27-7-14(13)30-3-1-11(2-4-30)19(34)31-9-20(22,23)10-31/h5-8,11H,1-4,9-10H2,(H2,24,29)(H,27,28,33). The van der Waals surface area contributed by atoms with Gasteiger partial charge >= 0.3 is 0 Å². The number of carbonyl (C=O) groups is 2. The van der Waals surface area contributed by atoms with Crippen LogP contribution in [0.3, 0.4) is 0 Å². The molecule has 0 bridgehead atoms. The molecule has 11 nitrogen and oxygen atoms in total. The molecule has 0 radical (unpaired) electrons. The Morgan fingerprint density at radius 2 is 1.82 bits per heavy atom. The van der Waals surface area contributed by atoms with E-state index in [4.69, 9.17) is 5.73 Å². The van der Waals surface area contributed by atoms with E-state index in [0.29, 0.717) is 37.3 Å². The zero-order chi connectivity index (χ0) is 24.0. The van der Waals surface area contributed by atoms with Gasteiger partial charge in [0, 0.05) is 19.0 Å². The topological polar surface area (TPSA) is 135 Å². The summed E-state index contributed by atoms with van der Waals surface area (Å²) in [6, 6.07) is 0. The molecule has 0 saturated carbocycles. The zero-order valence-electron chi connectivity index (χ0n) is 17.8. The molecular formula is C20H20F3N9O2. The van der Waals surface area contributed by atoms with Crippen molar-refractivity contribution in [3.8, 4) is 0 Å². The fourth-order valence-electron chi connectivity index (χ4n) is 4.29. The fraction of sp³-hybridized carbons (Fsp3) is 0.400. The Bertz CT molecular complexity index is 1270. The van der Waals surface area contributed by atoms with E-state index >= 15 is 0 Å². The number of alkyl halides is 2. The second-order valence-electron chi connectivity index (χ2n) is 8.35. The fourth-order valence-corrected chi connectivity index (χ4v) is 4.29. The van der Waals surface area contributed by atoms with E-state index < -0.39 is 30.7 Å². The summed E-state index contributed by atoms with van der Waals surface area (Å²) >= 11 is 0. The summed E-state index contributed by atoms with van der Waals surface area (Å²) in [5.74, 6) is -4.72. The van der Waals surface area contributed by atoms with Crippen LogP contribution in [-0.4, -0.2) is 73.6 Å². The molecule has 3 N–H and O–H groups in total. The van der Waals surface area contributed by atoms with E-state index in [9.17, 15) is 22.8 Å². The molecule has 3 aromatic rings. The molecule has 2 saturated heterocycles. The predicted octanol–water partition coefficient (Wildman–Crippen LogP) is 1.19. The van der Waals surface area contributed by atoms with Gasteiger partial charge in [-0.3, -0.25) is 9.59 Å². The number of nitrogens with two attached hydrogens (primary N) is 1. The maximum absolute atomic E-state index is 13.4. The number of rotatable bonds is 4. The first kappa shape index (κ1) is 21.9. The minimum Gasteiger partial charge on any atom is -0.381 e. The molecular weight excluding hydrogens is 455 g/mol. The van der Waals surface area contributed by atoms with Gasteiger partial charge in [0.05, 0.1) is 49.3 Å². The van der Waals surface area contributed by atoms with Gasteiger partial charge in [-0.15, -0.1) is 5.10 Å². The van der Waals surface area contributed by atoms with E-state index in [1.165, 1.54) is 17.3 Å². The Kier molecular flexibility index (Phi) is 5.21. The third-order valence-electron chi connectivity index (χ3n) is 5.99. The summed E-state index contributed by atoms with van der Waals surface area (Å²) in [5, 5.41) is 14.4. The van der Waals surface area contributed by atoms with Gasteiger partial charge in [0.2, 0.25) is 5.91 Å². The van der Waals surface area contributed by atoms with Crippen molar-refractivity contribution in [2.45, 2.75) is 18.8 Å². The van der Waals surface area contributed by atoms with Crippen LogP contribution in [0.15, 0.2) is 24.8 Å². The van der Waals surface area contributed by atoms with Crippen molar-refractivity contribution in [2.75, 3.05) is 42.1 Å². The Morgan fingerprint density at radius 1 is 1.12 bits per heavy atom. The maximum atomic E-state index is 13.4. The van der Waals surface area contributed by atoms with Gasteiger partial charge in [-0.05, 0) is 12.8 Å². The van der Waals surface area contributed by atoms with Crippen molar-refractivity contribution < 1.29 is 22.8 Å². The number of piperidine rings is 1. The van der Waals surface area contributed by atoms with Gasteiger partial charge in [0.15, 0.2) is 17.3 Å². The van der Waals surface area contributed by atoms with Crippen LogP contribution in [0.5, 0.6) is 0 Å². The SMILES string of the molecule is Nc1nn2cc(F)cnc2c1C(=O)Nc1cnncc1N1CCC(C(=O)N2CC(F)(F)C2)CC1. The first-order valence-corrected chi connectivity index (χ1v) is 10.5. The van der Waals surface area contributed by atoms with Gasteiger partial charge < -0.3 is 20.9 Å². The minimum absolute atomic E-state index is 0.0154. The van der Waals surface area contributed by atoms with E-state index in [2.05, 4.69) is 25.6 Å². The normalized spacial score (nSPS) is 18.1. The highest BCUT2D eigenvalue weighted by molar-refractivity contribution is 6.12. The van der Waals surface area contributed by atoms with E-state index in [1.54, 1.807) is 0 Å². The monoisotopic (exact) mass is 475 g/mol. The number of halogens is 3. The number of likely N-dealkylation sites (tertiary alicyclic amines) is 1. The molecule has 0 spiro atoms. The molecule has 5 heterocycles. The smallest absolute Gasteiger partial charge is 0.282 e. The molecule has 14 heteroatoms. The summed E-state index contributed by atoms with van der Waals surface area (Å²) in [5.41, 5.74) is 6.88. The number of hydrogen-bond acceptors (Lipinski definition) is 8. The number of nitrogen functional groups attached to an aromatic ring is 1. The molecule has 2 aliphatic rings. The highest BCUT2D eigenvalue weighted by Crippen LogP contribution is 2.33. The lowest BCUT2D eigenvalue weighted by Gasteiger charge is -2.42. The lowest BCUT2D eigenvalue weighted by Crippen LogP contribution is -2.60. The molecule has 0 aromatic carbocycles. The van der Waals surface area contributed by atoms with Crippen LogP contribution < -0.4 is 16.0 Å². The number of anilines is 3. The number of aromatic nitrogens is 5. The van der Waals surface area contributed by atoms with Crippen molar-refractivity contribution in [2.24, 2.45) is 5.92 Å². The molecule has 34 heavy (non-hydrogen) atoms. The van der Waals surface area contributed by atoms with Gasteiger partial charge in [-0.25, -0.2) is 22.7 Å². The third-order valence-corrected chi connectivity index (χ3v) is 5.99. The van der Waals surface area contributed by atoms with Gasteiger partial charge in [-0.2, -0.15) is 10.2 Å². The Balaban J connectivity index is 1.29. The van der Waals surface area contributed by atoms with Crippen LogP contribution in [0.2, 0.25) is 0 Å². The molecule has 2 fully saturated rings. The second kappa shape index (κ2) is 8.11. The van der Waals surface area contributed by atoms with Crippen molar-refractivity contribution in [1.82, 2.24) is 29.7 Å². The van der Waals surface area contributed by atoms with Crippen molar-refractivity contribution in [3.63, 3.8) is 0 Å². The Labute approximate surface area is 190 Å². The van der Waals surface area contributed by atoms with Crippen molar-refractivity contribution >= 4 is 34.7 Å². The summed E-state index contributed by atoms with van der Waals surface area (Å²) in [4.78, 5) is 32.5. The molecule has 0 aliphatic carbocycles. The van der Waals surface area contributed by atoms with Crippen LogP contribution in [0.4, 0.5) is 30.4 Å². The Hall–Kier alpha value is -3.97. The zero-order valence-corrected chi connectivity index (χ0v) is 17.8. The number of amides is 2. The first-order valence-electron chi connectivity index (χ1n) is 10.5. The molecule has 178 valence electrons. The van der Waals surface area contributed by atoms with Crippen molar-refractivity contribution in [3.05, 3.63) is 36.2 Å². The molecule has 2 aliphatic heterocycles. The summed E-state index contributed by atoms with van der Waals surface area (Å²) in [6.45, 7) is -0.112. The number of fused-ring (bicyclic) bond motifs is 1. The predicted molar refractivity (Wildman–Crippen MR) is 114 cm³/mol. The summed E-state index contributed by atoms with van der Waals surface area (Å²) < 4.78 is 40.7. The third kappa shape index (κ3) is 3.95. The van der Waals surface area contributed by atoms with E-state index in [-0.39, 0.29) is 28.9 Å². The minimum atomic E-state index is -2.79. The summed E-state index contributed by atoms with van der Waals surface area (Å²) in [6.07, 6.45) is 5.84. The summed E-state index contributed by atoms with van der Waals surface area (Å²) in [7, 11) is 0. The van der Waals surface area contributed by atoms with Gasteiger partial charge in [0.25, 0.3) is 11.8 Å².